The molecule has 0 aromatic carbocycles. The molecule has 2 heteroatoms. The van der Waals surface area contributed by atoms with E-state index in [1.807, 2.05) is 0 Å². The van der Waals surface area contributed by atoms with Crippen LogP contribution < -0.4 is 0 Å². The Balaban J connectivity index is 0. The zero-order chi connectivity index (χ0) is 4.12. The minimum atomic E-state index is 0. The molecule has 0 fully saturated rings. The zero-order valence-electron chi connectivity index (χ0n) is 4.03. The van der Waals surface area contributed by atoms with Gasteiger partial charge in [0.2, 0.25) is 0 Å². The zero-order valence-corrected chi connectivity index (χ0v) is 9.21. The van der Waals surface area contributed by atoms with Gasteiger partial charge >= 0.3 is 46.7 Å². The predicted molar refractivity (Wildman–Crippen MR) is 40.9 cm³/mol. The van der Waals surface area contributed by atoms with E-state index in [1.54, 1.807) is 22.5 Å². The third-order valence-corrected chi connectivity index (χ3v) is 1.54. The van der Waals surface area contributed by atoms with Gasteiger partial charge in [0.25, 0.3) is 0 Å². The molecule has 0 rings (SSSR count). The summed E-state index contributed by atoms with van der Waals surface area (Å²) in [6, 6.07) is 0. The fourth-order valence-electron chi connectivity index (χ4n) is 0.177. The first-order valence-electron chi connectivity index (χ1n) is 2.06. The molecule has 0 aliphatic carbocycles. The second-order valence-electron chi connectivity index (χ2n) is 1.10. The maximum Gasteiger partial charge on any atom is -0.107 e. The van der Waals surface area contributed by atoms with Gasteiger partial charge in [0.05, 0.1) is 0 Å². The van der Waals surface area contributed by atoms with Gasteiger partial charge in [-0.2, -0.15) is 0 Å². The Morgan fingerprint density at radius 1 is 1.50 bits per heavy atom. The average Bonchev–Trinajstić information content (AvgIpc) is 1.41. The molecule has 0 heterocycles. The van der Waals surface area contributed by atoms with E-state index in [0.29, 0.717) is 0 Å². The number of rotatable bonds is 2. The molecule has 37 valence electrons. The molecule has 0 atom stereocenters. The van der Waals surface area contributed by atoms with Crippen molar-refractivity contribution in [3.8, 4) is 0 Å². The Kier molecular flexibility index (Phi) is 17.0. The van der Waals surface area contributed by atoms with Crippen LogP contribution in [0.1, 0.15) is 19.8 Å². The fourth-order valence-corrected chi connectivity index (χ4v) is 1.19. The summed E-state index contributed by atoms with van der Waals surface area (Å²) in [5, 5.41) is 0. The molecular formula is C4H10ISn. The number of hydrogen-bond acceptors (Lipinski definition) is 0. The van der Waals surface area contributed by atoms with Gasteiger partial charge in [-0.15, -0.1) is 24.0 Å². The van der Waals surface area contributed by atoms with Crippen molar-refractivity contribution in [3.05, 3.63) is 0 Å². The van der Waals surface area contributed by atoms with Crippen LogP contribution in [-0.4, -0.2) is 22.5 Å². The number of unbranched alkanes of at least 4 members (excludes halogenated alkanes) is 1. The van der Waals surface area contributed by atoms with E-state index < -0.39 is 0 Å². The minimum absolute atomic E-state index is 0. The van der Waals surface area contributed by atoms with Gasteiger partial charge in [0.1, 0.15) is 0 Å². The summed E-state index contributed by atoms with van der Waals surface area (Å²) >= 11 is 1.68. The van der Waals surface area contributed by atoms with E-state index in [-0.39, 0.29) is 24.0 Å². The quantitative estimate of drug-likeness (QED) is 0.541. The second-order valence-corrected chi connectivity index (χ2v) is 2.53. The topological polar surface area (TPSA) is 0 Å². The molecule has 0 spiro atoms. The number of halogens is 1. The first kappa shape index (κ1) is 10.5. The molecule has 6 heavy (non-hydrogen) atoms. The monoisotopic (exact) mass is 305 g/mol. The summed E-state index contributed by atoms with van der Waals surface area (Å²) in [7, 11) is 0. The van der Waals surface area contributed by atoms with Crippen molar-refractivity contribution in [1.29, 1.82) is 0 Å². The number of hydrogen-bond donors (Lipinski definition) is 0. The van der Waals surface area contributed by atoms with Crippen molar-refractivity contribution in [3.63, 3.8) is 0 Å². The van der Waals surface area contributed by atoms with Crippen LogP contribution in [0.25, 0.3) is 0 Å². The third-order valence-electron chi connectivity index (χ3n) is 0.530. The molecule has 0 saturated heterocycles. The van der Waals surface area contributed by atoms with Gasteiger partial charge in [-0.3, -0.25) is 0 Å². The van der Waals surface area contributed by atoms with E-state index in [0.717, 1.165) is 0 Å². The van der Waals surface area contributed by atoms with E-state index in [2.05, 4.69) is 6.92 Å². The molecule has 0 unspecified atom stereocenters. The van der Waals surface area contributed by atoms with Crippen molar-refractivity contribution in [1.82, 2.24) is 0 Å². The Hall–Kier alpha value is 1.53. The SMILES string of the molecule is CCC[CH2][Sn].I. The summed E-state index contributed by atoms with van der Waals surface area (Å²) < 4.78 is 1.43. The molecule has 0 bridgehead atoms. The van der Waals surface area contributed by atoms with Crippen molar-refractivity contribution in [2.45, 2.75) is 24.2 Å². The van der Waals surface area contributed by atoms with E-state index in [9.17, 15) is 0 Å². The van der Waals surface area contributed by atoms with Gasteiger partial charge in [-0.1, -0.05) is 0 Å². The molecular weight excluding hydrogens is 294 g/mol. The maximum absolute atomic E-state index is 2.23. The van der Waals surface area contributed by atoms with Gasteiger partial charge in [0.15, 0.2) is 0 Å². The van der Waals surface area contributed by atoms with Crippen LogP contribution in [0.2, 0.25) is 4.44 Å². The Morgan fingerprint density at radius 3 is 2.00 bits per heavy atom. The molecule has 0 aromatic rings. The fraction of sp³-hybridized carbons (Fsp3) is 1.00. The molecule has 0 saturated carbocycles. The standard InChI is InChI=1S/C4H9.HI.Sn/c1-3-4-2;;/h1,3-4H2,2H3;1H;. The molecule has 0 aliphatic heterocycles. The first-order valence-corrected chi connectivity index (χ1v) is 4.08. The predicted octanol–water partition coefficient (Wildman–Crippen LogP) is 1.99. The van der Waals surface area contributed by atoms with E-state index in [1.165, 1.54) is 17.3 Å². The van der Waals surface area contributed by atoms with Gasteiger partial charge in [-0.25, -0.2) is 0 Å². The molecule has 0 aromatic heterocycles. The largest absolute Gasteiger partial charge is 0.107 e. The molecule has 0 N–H and O–H groups in total. The van der Waals surface area contributed by atoms with Crippen LogP contribution in [-0.2, 0) is 0 Å². The Bertz CT molecular complexity index is 15.0. The second kappa shape index (κ2) is 9.73. The van der Waals surface area contributed by atoms with E-state index in [4.69, 9.17) is 0 Å². The molecule has 3 radical (unpaired) electrons. The van der Waals surface area contributed by atoms with Crippen molar-refractivity contribution in [2.24, 2.45) is 0 Å². The average molecular weight is 304 g/mol. The van der Waals surface area contributed by atoms with E-state index >= 15 is 0 Å². The summed E-state index contributed by atoms with van der Waals surface area (Å²) in [5.41, 5.74) is 0. The summed E-state index contributed by atoms with van der Waals surface area (Å²) in [5.74, 6) is 0. The smallest absolute Gasteiger partial charge is 0.107 e. The van der Waals surface area contributed by atoms with Crippen molar-refractivity contribution in [2.75, 3.05) is 0 Å². The van der Waals surface area contributed by atoms with Gasteiger partial charge < -0.3 is 0 Å². The van der Waals surface area contributed by atoms with Crippen LogP contribution >= 0.6 is 24.0 Å². The minimum Gasteiger partial charge on any atom is -0.107 e. The third kappa shape index (κ3) is 9.11. The van der Waals surface area contributed by atoms with Gasteiger partial charge in [0, 0.05) is 0 Å². The Labute approximate surface area is 70.2 Å². The first-order chi connectivity index (χ1) is 2.41. The van der Waals surface area contributed by atoms with Crippen LogP contribution in [0.3, 0.4) is 0 Å². The normalized spacial score (nSPS) is 7.00. The maximum atomic E-state index is 2.23. The summed E-state index contributed by atoms with van der Waals surface area (Å²) in [6.07, 6.45) is 2.80. The Morgan fingerprint density at radius 2 is 2.00 bits per heavy atom. The van der Waals surface area contributed by atoms with Crippen molar-refractivity contribution < 1.29 is 0 Å². The molecule has 0 aliphatic rings. The molecule has 0 amide bonds. The summed E-state index contributed by atoms with van der Waals surface area (Å²) in [6.45, 7) is 2.23. The molecule has 0 nitrogen and oxygen atoms in total. The van der Waals surface area contributed by atoms with Crippen molar-refractivity contribution >= 4 is 46.5 Å². The summed E-state index contributed by atoms with van der Waals surface area (Å²) in [4.78, 5) is 0. The van der Waals surface area contributed by atoms with Gasteiger partial charge in [-0.05, 0) is 0 Å². The van der Waals surface area contributed by atoms with Crippen LogP contribution in [0.4, 0.5) is 0 Å². The van der Waals surface area contributed by atoms with Crippen LogP contribution in [0.15, 0.2) is 0 Å². The van der Waals surface area contributed by atoms with Crippen LogP contribution in [0.5, 0.6) is 0 Å². The van der Waals surface area contributed by atoms with Crippen LogP contribution in [0, 0.1) is 0 Å².